The summed E-state index contributed by atoms with van der Waals surface area (Å²) in [5, 5.41) is 31.9. The van der Waals surface area contributed by atoms with E-state index < -0.39 is 87.3 Å². The molecule has 0 spiro atoms. The molecule has 0 aromatic rings. The van der Waals surface area contributed by atoms with Gasteiger partial charge in [-0.2, -0.15) is 0 Å². The van der Waals surface area contributed by atoms with E-state index in [1.54, 1.807) is 32.9 Å². The summed E-state index contributed by atoms with van der Waals surface area (Å²) in [6, 6.07) is 0. The predicted octanol–water partition coefficient (Wildman–Crippen LogP) is 3.59. The van der Waals surface area contributed by atoms with Crippen molar-refractivity contribution >= 4 is 47.0 Å². The van der Waals surface area contributed by atoms with Crippen LogP contribution < -0.4 is 0 Å². The van der Waals surface area contributed by atoms with E-state index in [9.17, 15) is 44.1 Å². The summed E-state index contributed by atoms with van der Waals surface area (Å²) in [5.41, 5.74) is -3.59. The number of carbonyl (C=O) groups excluding carboxylic acids is 4. The molecule has 8 atom stereocenters. The molecule has 13 heteroatoms. The third-order valence-electron chi connectivity index (χ3n) is 11.6. The maximum Gasteiger partial charge on any atom is 0.306 e. The van der Waals surface area contributed by atoms with Gasteiger partial charge in [0.05, 0.1) is 11.0 Å². The van der Waals surface area contributed by atoms with E-state index in [4.69, 9.17) is 21.1 Å². The van der Waals surface area contributed by atoms with Crippen LogP contribution in [0.25, 0.3) is 0 Å². The van der Waals surface area contributed by atoms with Gasteiger partial charge in [0.25, 0.3) is 0 Å². The van der Waals surface area contributed by atoms with Crippen molar-refractivity contribution in [3.63, 3.8) is 0 Å². The molecule has 0 radical (unpaired) electrons. The van der Waals surface area contributed by atoms with Crippen LogP contribution in [0.3, 0.4) is 0 Å². The Balaban J connectivity index is 0.00000600. The van der Waals surface area contributed by atoms with Gasteiger partial charge >= 0.3 is 23.9 Å². The number of aliphatic carboxylic acids is 2. The lowest BCUT2D eigenvalue weighted by Crippen LogP contribution is -2.72. The van der Waals surface area contributed by atoms with Crippen LogP contribution in [0.15, 0.2) is 23.8 Å². The summed E-state index contributed by atoms with van der Waals surface area (Å²) in [4.78, 5) is 75.0. The number of esters is 2. The van der Waals surface area contributed by atoms with Gasteiger partial charge in [-0.3, -0.25) is 28.8 Å². The molecule has 0 aromatic carbocycles. The van der Waals surface area contributed by atoms with Crippen LogP contribution in [0.1, 0.15) is 91.9 Å². The highest BCUT2D eigenvalue weighted by atomic mass is 35.5. The van der Waals surface area contributed by atoms with Crippen LogP contribution in [0.2, 0.25) is 0 Å². The molecule has 4 rings (SSSR count). The van der Waals surface area contributed by atoms with Crippen LogP contribution in [0.5, 0.6) is 0 Å². The number of rotatable bonds is 13. The first-order valence-electron chi connectivity index (χ1n) is 16.2. The highest BCUT2D eigenvalue weighted by Gasteiger charge is 2.79. The fraction of sp³-hybridized carbons (Fsp3) is 0.706. The smallest absolute Gasteiger partial charge is 0.306 e. The van der Waals surface area contributed by atoms with Gasteiger partial charge < -0.3 is 30.3 Å². The second-order valence-corrected chi connectivity index (χ2v) is 14.2. The molecule has 0 bridgehead atoms. The predicted molar refractivity (Wildman–Crippen MR) is 168 cm³/mol. The fourth-order valence-corrected chi connectivity index (χ4v) is 10.2. The van der Waals surface area contributed by atoms with Crippen molar-refractivity contribution in [1.82, 2.24) is 0 Å². The Hall–Kier alpha value is -3.09. The first-order valence-corrected chi connectivity index (χ1v) is 16.6. The minimum absolute atomic E-state index is 0. The summed E-state index contributed by atoms with van der Waals surface area (Å²) in [5.74, 6) is -7.01. The first-order chi connectivity index (χ1) is 21.5. The number of carboxylic acids is 2. The number of fused-ring (bicyclic) bond motifs is 5. The number of ether oxygens (including phenoxy) is 2. The van der Waals surface area contributed by atoms with Gasteiger partial charge in [-0.05, 0) is 68.4 Å². The van der Waals surface area contributed by atoms with Crippen molar-refractivity contribution in [1.29, 1.82) is 0 Å². The Bertz CT molecular complexity index is 1340. The zero-order chi connectivity index (χ0) is 34.2. The zero-order valence-electron chi connectivity index (χ0n) is 27.4. The number of aliphatic hydroxyl groups is 1. The van der Waals surface area contributed by atoms with Crippen LogP contribution in [0, 0.1) is 34.5 Å². The molecular formula is C34H47ClO12. The number of ketones is 2. The molecule has 4 aliphatic rings. The minimum Gasteiger partial charge on any atom is -0.481 e. The number of hydrogen-bond acceptors (Lipinski definition) is 9. The minimum atomic E-state index is -1.98. The van der Waals surface area contributed by atoms with Crippen molar-refractivity contribution in [2.75, 3.05) is 6.61 Å². The molecule has 4 aliphatic carbocycles. The van der Waals surface area contributed by atoms with Crippen molar-refractivity contribution in [2.24, 2.45) is 34.5 Å². The second kappa shape index (κ2) is 14.2. The van der Waals surface area contributed by atoms with E-state index in [1.165, 1.54) is 6.08 Å². The van der Waals surface area contributed by atoms with E-state index in [2.05, 4.69) is 0 Å². The molecule has 47 heavy (non-hydrogen) atoms. The molecule has 3 fully saturated rings. The molecule has 3 saturated carbocycles. The number of halogens is 1. The van der Waals surface area contributed by atoms with Crippen molar-refractivity contribution in [3.8, 4) is 0 Å². The van der Waals surface area contributed by atoms with Gasteiger partial charge in [0.1, 0.15) is 0 Å². The van der Waals surface area contributed by atoms with Gasteiger partial charge in [-0.25, -0.2) is 0 Å². The van der Waals surface area contributed by atoms with Gasteiger partial charge in [0.2, 0.25) is 5.78 Å². The summed E-state index contributed by atoms with van der Waals surface area (Å²) in [6.07, 6.45) is 3.43. The normalized spacial score (nSPS) is 35.5. The molecule has 0 amide bonds. The zero-order valence-corrected chi connectivity index (χ0v) is 28.1. The quantitative estimate of drug-likeness (QED) is 0.189. The molecule has 0 heterocycles. The van der Waals surface area contributed by atoms with E-state index in [0.717, 1.165) is 5.57 Å². The number of Topliss-reactive ketones (excluding diaryl/α,β-unsaturated/α-hetero) is 1. The van der Waals surface area contributed by atoms with Gasteiger partial charge in [-0.15, -0.1) is 11.6 Å². The number of aliphatic hydroxyl groups excluding tert-OH is 1. The Labute approximate surface area is 279 Å². The Morgan fingerprint density at radius 3 is 2.17 bits per heavy atom. The topological polar surface area (TPSA) is 213 Å². The van der Waals surface area contributed by atoms with E-state index in [1.807, 2.05) is 6.92 Å². The first kappa shape index (κ1) is 38.4. The number of hydrogen-bond donors (Lipinski definition) is 3. The van der Waals surface area contributed by atoms with Gasteiger partial charge in [0.15, 0.2) is 18.0 Å². The van der Waals surface area contributed by atoms with Gasteiger partial charge in [-0.1, -0.05) is 39.3 Å². The number of carboxylic acid groups (broad SMARTS) is 2. The largest absolute Gasteiger partial charge is 0.481 e. The maximum atomic E-state index is 14.6. The average Bonchev–Trinajstić information content (AvgIpc) is 3.24. The van der Waals surface area contributed by atoms with Gasteiger partial charge in [0, 0.05) is 42.4 Å². The summed E-state index contributed by atoms with van der Waals surface area (Å²) < 4.78 is 11.6. The lowest BCUT2D eigenvalue weighted by molar-refractivity contribution is -0.220. The van der Waals surface area contributed by atoms with Crippen LogP contribution in [-0.2, 0) is 38.2 Å². The van der Waals surface area contributed by atoms with Crippen LogP contribution in [-0.4, -0.2) is 79.4 Å². The van der Waals surface area contributed by atoms with Crippen LogP contribution >= 0.6 is 11.6 Å². The lowest BCUT2D eigenvalue weighted by atomic mass is 9.42. The van der Waals surface area contributed by atoms with Crippen molar-refractivity contribution < 1.29 is 59.0 Å². The summed E-state index contributed by atoms with van der Waals surface area (Å²) in [7, 11) is 0. The number of allylic oxidation sites excluding steroid dienone is 4. The third kappa shape index (κ3) is 6.05. The molecule has 5 N–H and O–H groups in total. The molecule has 262 valence electrons. The second-order valence-electron chi connectivity index (χ2n) is 13.6. The molecule has 12 nitrogen and oxygen atoms in total. The molecular weight excluding hydrogens is 636 g/mol. The molecule has 0 aliphatic heterocycles. The molecule has 0 aromatic heterocycles. The van der Waals surface area contributed by atoms with E-state index in [-0.39, 0.29) is 56.2 Å². The molecule has 1 unspecified atom stereocenters. The maximum absolute atomic E-state index is 14.6. The van der Waals surface area contributed by atoms with Crippen LogP contribution in [0.4, 0.5) is 0 Å². The lowest BCUT2D eigenvalue weighted by Gasteiger charge is -2.66. The van der Waals surface area contributed by atoms with E-state index >= 15 is 0 Å². The number of carbonyl (C=O) groups is 6. The molecule has 0 saturated heterocycles. The SMILES string of the molecule is CCC(=O)OCC(=O)[C@@]1(OC(=O)CC)[C@@H](C)C[C@H]2[C@@H]3CCC4=CC(=O)C=C[C@]4(C)C3(Cl)[C@@H](O)C[C@@]21C(CCC(=O)O)CCC(=O)O.O. The fourth-order valence-electron chi connectivity index (χ4n) is 9.63. The average molecular weight is 683 g/mol. The highest BCUT2D eigenvalue weighted by molar-refractivity contribution is 6.26. The van der Waals surface area contributed by atoms with Crippen molar-refractivity contribution in [2.45, 2.75) is 108 Å². The van der Waals surface area contributed by atoms with Crippen molar-refractivity contribution in [3.05, 3.63) is 23.8 Å². The standard InChI is InChI=1S/C34H45ClO11.H2O/c1-5-29(43)45-18-26(38)34(46-30(44)6-2)19(3)15-24-23-10-7-21-16-22(36)13-14-31(21,4)33(23,35)25(37)17-32(24,34)20(8-11-27(39)40)9-12-28(41)42;/h13-14,16,19-20,23-25,37H,5-12,15,17-18H2,1-4H3,(H,39,40)(H,41,42);1H2/t19-,23-,24-,25-,31-,32+,33?,34-;/m0./s1. The summed E-state index contributed by atoms with van der Waals surface area (Å²) in [6.45, 7) is 6.06. The van der Waals surface area contributed by atoms with E-state index in [0.29, 0.717) is 19.3 Å². The number of alkyl halides is 1. The monoisotopic (exact) mass is 682 g/mol. The Morgan fingerprint density at radius 1 is 1.02 bits per heavy atom. The highest BCUT2D eigenvalue weighted by Crippen LogP contribution is 2.74. The Kier molecular flexibility index (Phi) is 11.6. The Morgan fingerprint density at radius 2 is 1.62 bits per heavy atom. The third-order valence-corrected chi connectivity index (χ3v) is 12.5. The summed E-state index contributed by atoms with van der Waals surface area (Å²) >= 11 is 7.65.